The van der Waals surface area contributed by atoms with Crippen LogP contribution in [0.15, 0.2) is 77.9 Å². The predicted octanol–water partition coefficient (Wildman–Crippen LogP) is 3.88. The van der Waals surface area contributed by atoms with Gasteiger partial charge >= 0.3 is 0 Å². The molecular formula is C29H29N7O3. The summed E-state index contributed by atoms with van der Waals surface area (Å²) in [5.74, 6) is 2.08. The lowest BCUT2D eigenvalue weighted by atomic mass is 10.1. The van der Waals surface area contributed by atoms with Gasteiger partial charge in [0.25, 0.3) is 5.56 Å². The van der Waals surface area contributed by atoms with Gasteiger partial charge in [0.15, 0.2) is 17.3 Å². The molecule has 198 valence electrons. The Morgan fingerprint density at radius 2 is 1.79 bits per heavy atom. The fourth-order valence-electron chi connectivity index (χ4n) is 5.05. The van der Waals surface area contributed by atoms with E-state index in [-0.39, 0.29) is 11.6 Å². The largest absolute Gasteiger partial charge is 0.486 e. The molecule has 0 bridgehead atoms. The van der Waals surface area contributed by atoms with E-state index in [1.54, 1.807) is 6.20 Å². The van der Waals surface area contributed by atoms with Crippen LogP contribution in [0.2, 0.25) is 0 Å². The molecule has 0 aliphatic carbocycles. The molecule has 10 heteroatoms. The van der Waals surface area contributed by atoms with Crippen LogP contribution >= 0.6 is 0 Å². The fourth-order valence-corrected chi connectivity index (χ4v) is 5.05. The summed E-state index contributed by atoms with van der Waals surface area (Å²) < 4.78 is 13.3. The monoisotopic (exact) mass is 523 g/mol. The first kappa shape index (κ1) is 24.7. The van der Waals surface area contributed by atoms with E-state index in [2.05, 4.69) is 49.4 Å². The summed E-state index contributed by atoms with van der Waals surface area (Å²) in [5, 5.41) is 13.6. The van der Waals surface area contributed by atoms with Crippen LogP contribution in [0.3, 0.4) is 0 Å². The van der Waals surface area contributed by atoms with Crippen molar-refractivity contribution >= 4 is 10.9 Å². The number of rotatable bonds is 9. The van der Waals surface area contributed by atoms with Gasteiger partial charge in [0.05, 0.1) is 18.1 Å². The number of nitrogens with one attached hydrogen (secondary N) is 1. The van der Waals surface area contributed by atoms with E-state index in [1.165, 1.54) is 0 Å². The third kappa shape index (κ3) is 5.37. The summed E-state index contributed by atoms with van der Waals surface area (Å²) in [6.45, 7) is 4.63. The van der Waals surface area contributed by atoms with Crippen molar-refractivity contribution in [2.24, 2.45) is 0 Å². The molecule has 0 radical (unpaired) electrons. The molecule has 39 heavy (non-hydrogen) atoms. The van der Waals surface area contributed by atoms with E-state index in [0.717, 1.165) is 28.8 Å². The zero-order valence-corrected chi connectivity index (χ0v) is 21.7. The van der Waals surface area contributed by atoms with Gasteiger partial charge in [-0.25, -0.2) is 4.68 Å². The summed E-state index contributed by atoms with van der Waals surface area (Å²) in [7, 11) is 0. The Kier molecular flexibility index (Phi) is 7.01. The van der Waals surface area contributed by atoms with Crippen molar-refractivity contribution in [2.45, 2.75) is 39.0 Å². The number of tetrazole rings is 1. The number of aromatic nitrogens is 6. The first-order valence-electron chi connectivity index (χ1n) is 13.1. The van der Waals surface area contributed by atoms with Gasteiger partial charge in [-0.15, -0.1) is 5.10 Å². The molecule has 1 N–H and O–H groups in total. The van der Waals surface area contributed by atoms with Crippen LogP contribution < -0.4 is 15.0 Å². The van der Waals surface area contributed by atoms with Crippen LogP contribution in [0, 0.1) is 0 Å². The summed E-state index contributed by atoms with van der Waals surface area (Å²) in [4.78, 5) is 22.9. The van der Waals surface area contributed by atoms with Crippen LogP contribution in [0.1, 0.15) is 41.9 Å². The van der Waals surface area contributed by atoms with Gasteiger partial charge in [0, 0.05) is 42.5 Å². The van der Waals surface area contributed by atoms with Gasteiger partial charge < -0.3 is 14.5 Å². The highest BCUT2D eigenvalue weighted by atomic mass is 16.6. The number of ether oxygens (including phenoxy) is 2. The van der Waals surface area contributed by atoms with E-state index in [9.17, 15) is 4.79 Å². The van der Waals surface area contributed by atoms with Crippen LogP contribution in [0.4, 0.5) is 0 Å². The molecule has 6 rings (SSSR count). The molecule has 0 spiro atoms. The molecule has 0 unspecified atom stereocenters. The molecule has 0 saturated heterocycles. The van der Waals surface area contributed by atoms with Crippen molar-refractivity contribution in [1.29, 1.82) is 0 Å². The molecule has 4 heterocycles. The van der Waals surface area contributed by atoms with Crippen molar-refractivity contribution in [2.75, 3.05) is 13.2 Å². The minimum absolute atomic E-state index is 0.140. The van der Waals surface area contributed by atoms with Crippen molar-refractivity contribution < 1.29 is 9.47 Å². The number of hydrogen-bond acceptors (Lipinski definition) is 8. The van der Waals surface area contributed by atoms with E-state index >= 15 is 0 Å². The second kappa shape index (κ2) is 11.0. The Morgan fingerprint density at radius 3 is 2.56 bits per heavy atom. The number of hydrogen-bond donors (Lipinski definition) is 1. The SMILES string of the molecule is CC[C@H](c1nnnn1Cc1ccccc1)N(Cc1cccnc1)Cc1cc2cc3c(cc2[nH]c1=O)OCCO3. The maximum Gasteiger partial charge on any atom is 0.252 e. The van der Waals surface area contributed by atoms with Crippen LogP contribution in [-0.2, 0) is 19.6 Å². The zero-order chi connectivity index (χ0) is 26.6. The highest BCUT2D eigenvalue weighted by Crippen LogP contribution is 2.34. The predicted molar refractivity (Wildman–Crippen MR) is 145 cm³/mol. The molecule has 3 aromatic heterocycles. The van der Waals surface area contributed by atoms with Gasteiger partial charge in [-0.05, 0) is 46.2 Å². The lowest BCUT2D eigenvalue weighted by Gasteiger charge is -2.30. The molecular weight excluding hydrogens is 494 g/mol. The van der Waals surface area contributed by atoms with Crippen LogP contribution in [0.25, 0.3) is 10.9 Å². The highest BCUT2D eigenvalue weighted by Gasteiger charge is 2.26. The number of pyridine rings is 2. The summed E-state index contributed by atoms with van der Waals surface area (Å²) in [6.07, 6.45) is 4.35. The van der Waals surface area contributed by atoms with E-state index < -0.39 is 0 Å². The number of nitrogens with zero attached hydrogens (tertiary/aromatic N) is 6. The maximum absolute atomic E-state index is 13.3. The lowest BCUT2D eigenvalue weighted by Crippen LogP contribution is -2.32. The Bertz CT molecular complexity index is 1620. The van der Waals surface area contributed by atoms with Crippen molar-refractivity contribution in [3.8, 4) is 11.5 Å². The summed E-state index contributed by atoms with van der Waals surface area (Å²) >= 11 is 0. The quantitative estimate of drug-likeness (QED) is 0.310. The smallest absolute Gasteiger partial charge is 0.252 e. The van der Waals surface area contributed by atoms with Gasteiger partial charge in [-0.1, -0.05) is 43.3 Å². The molecule has 2 aromatic carbocycles. The minimum atomic E-state index is -0.144. The Hall–Kier alpha value is -4.57. The summed E-state index contributed by atoms with van der Waals surface area (Å²) in [6, 6.07) is 19.6. The Balaban J connectivity index is 1.36. The first-order valence-corrected chi connectivity index (χ1v) is 13.1. The lowest BCUT2D eigenvalue weighted by molar-refractivity contribution is 0.161. The molecule has 1 aliphatic heterocycles. The third-order valence-corrected chi connectivity index (χ3v) is 6.93. The second-order valence-electron chi connectivity index (χ2n) is 9.58. The second-order valence-corrected chi connectivity index (χ2v) is 9.58. The molecule has 5 aromatic rings. The van der Waals surface area contributed by atoms with E-state index in [1.807, 2.05) is 59.4 Å². The molecule has 10 nitrogen and oxygen atoms in total. The standard InChI is InChI=1S/C29H29N7O3/c1-2-25(28-32-33-34-36(28)18-20-7-4-3-5-8-20)35(17-21-9-6-10-30-16-21)19-23-13-22-14-26-27(39-12-11-38-26)15-24(22)31-29(23)37/h3-10,13-16,25H,2,11-12,17-19H2,1H3,(H,31,37)/t25-/m1/s1. The van der Waals surface area contributed by atoms with Crippen LogP contribution in [0.5, 0.6) is 11.5 Å². The number of H-pyrrole nitrogens is 1. The Morgan fingerprint density at radius 1 is 1.00 bits per heavy atom. The topological polar surface area (TPSA) is 111 Å². The number of aromatic amines is 1. The third-order valence-electron chi connectivity index (χ3n) is 6.93. The maximum atomic E-state index is 13.3. The zero-order valence-electron chi connectivity index (χ0n) is 21.7. The van der Waals surface area contributed by atoms with Gasteiger partial charge in [0.2, 0.25) is 0 Å². The van der Waals surface area contributed by atoms with Crippen molar-refractivity contribution in [3.63, 3.8) is 0 Å². The van der Waals surface area contributed by atoms with Gasteiger partial charge in [-0.2, -0.15) is 0 Å². The van der Waals surface area contributed by atoms with Gasteiger partial charge in [-0.3, -0.25) is 14.7 Å². The normalized spacial score (nSPS) is 13.6. The average molecular weight is 524 g/mol. The van der Waals surface area contributed by atoms with Gasteiger partial charge in [0.1, 0.15) is 13.2 Å². The molecule has 0 saturated carbocycles. The summed E-state index contributed by atoms with van der Waals surface area (Å²) in [5.41, 5.74) is 3.36. The molecule has 1 atom stereocenters. The molecule has 0 fully saturated rings. The molecule has 1 aliphatic rings. The Labute approximate surface area is 225 Å². The fraction of sp³-hybridized carbons (Fsp3) is 0.276. The minimum Gasteiger partial charge on any atom is -0.486 e. The number of fused-ring (bicyclic) bond motifs is 2. The van der Waals surface area contributed by atoms with Crippen LogP contribution in [-0.4, -0.2) is 48.3 Å². The van der Waals surface area contributed by atoms with E-state index in [4.69, 9.17) is 9.47 Å². The molecule has 0 amide bonds. The highest BCUT2D eigenvalue weighted by molar-refractivity contribution is 5.83. The average Bonchev–Trinajstić information content (AvgIpc) is 3.41. The first-order chi connectivity index (χ1) is 19.2. The van der Waals surface area contributed by atoms with E-state index in [0.29, 0.717) is 55.4 Å². The van der Waals surface area contributed by atoms with Crippen molar-refractivity contribution in [1.82, 2.24) is 35.1 Å². The van der Waals surface area contributed by atoms with Crippen molar-refractivity contribution in [3.05, 3.63) is 106 Å². The number of benzene rings is 2.